The maximum absolute atomic E-state index is 14.3. The van der Waals surface area contributed by atoms with Crippen LogP contribution < -0.4 is 11.1 Å². The number of hydrogen-bond donors (Lipinski definition) is 2. The van der Waals surface area contributed by atoms with Crippen molar-refractivity contribution in [2.75, 3.05) is 11.1 Å². The van der Waals surface area contributed by atoms with Gasteiger partial charge in [-0.25, -0.2) is 0 Å². The molecule has 0 fully saturated rings. The van der Waals surface area contributed by atoms with E-state index >= 15 is 0 Å². The van der Waals surface area contributed by atoms with E-state index < -0.39 is 10.8 Å². The molecule has 0 bridgehead atoms. The highest BCUT2D eigenvalue weighted by Gasteiger charge is 2.48. The van der Waals surface area contributed by atoms with Gasteiger partial charge < -0.3 is 11.1 Å². The highest BCUT2D eigenvalue weighted by molar-refractivity contribution is 5.95. The number of Topliss-reactive ketones (excluding diaryl/α,β-unsaturated/α-hetero) is 1. The molecule has 2 rings (SSSR count). The molecular formula is C32H48N2O2. The number of nitrogen functional groups attached to an aromatic ring is 1. The molecule has 2 unspecified atom stereocenters. The van der Waals surface area contributed by atoms with Gasteiger partial charge in [-0.2, -0.15) is 0 Å². The van der Waals surface area contributed by atoms with Crippen molar-refractivity contribution in [3.63, 3.8) is 0 Å². The number of nitrogens with two attached hydrogens (primary N) is 1. The third-order valence-electron chi connectivity index (χ3n) is 7.34. The Balaban J connectivity index is 2.37. The predicted molar refractivity (Wildman–Crippen MR) is 153 cm³/mol. The van der Waals surface area contributed by atoms with Crippen LogP contribution in [0.4, 0.5) is 11.4 Å². The SMILES string of the molecule is CC(C)(C)CC(c1ccccc1)C(C)(C)C(=O)C(C)(C)CC(C(=O)Nc1ccc(N)cc1)C(C)(C)C. The molecule has 0 saturated carbocycles. The van der Waals surface area contributed by atoms with Gasteiger partial charge in [-0.15, -0.1) is 0 Å². The van der Waals surface area contributed by atoms with Crippen molar-refractivity contribution >= 4 is 23.1 Å². The molecule has 36 heavy (non-hydrogen) atoms. The Bertz CT molecular complexity index is 1020. The summed E-state index contributed by atoms with van der Waals surface area (Å²) in [5, 5.41) is 3.05. The number of carbonyl (C=O) groups excluding carboxylic acids is 2. The molecule has 4 nitrogen and oxygen atoms in total. The van der Waals surface area contributed by atoms with E-state index in [0.717, 1.165) is 6.42 Å². The Morgan fingerprint density at radius 3 is 1.78 bits per heavy atom. The van der Waals surface area contributed by atoms with Gasteiger partial charge in [0, 0.05) is 28.1 Å². The molecule has 2 aromatic carbocycles. The fourth-order valence-corrected chi connectivity index (χ4v) is 5.31. The first-order valence-corrected chi connectivity index (χ1v) is 13.1. The van der Waals surface area contributed by atoms with Gasteiger partial charge in [-0.05, 0) is 59.4 Å². The topological polar surface area (TPSA) is 72.2 Å². The van der Waals surface area contributed by atoms with Gasteiger partial charge in [0.2, 0.25) is 5.91 Å². The van der Waals surface area contributed by atoms with E-state index in [9.17, 15) is 9.59 Å². The third-order valence-corrected chi connectivity index (χ3v) is 7.34. The van der Waals surface area contributed by atoms with E-state index in [1.165, 1.54) is 5.56 Å². The maximum Gasteiger partial charge on any atom is 0.228 e. The number of anilines is 2. The van der Waals surface area contributed by atoms with Crippen molar-refractivity contribution in [1.82, 2.24) is 0 Å². The van der Waals surface area contributed by atoms with E-state index in [1.54, 1.807) is 12.1 Å². The third kappa shape index (κ3) is 7.69. The molecule has 2 atom stereocenters. The second-order valence-corrected chi connectivity index (χ2v) is 13.9. The minimum Gasteiger partial charge on any atom is -0.399 e. The molecule has 4 heteroatoms. The maximum atomic E-state index is 14.3. The lowest BCUT2D eigenvalue weighted by atomic mass is 9.59. The molecule has 0 saturated heterocycles. The summed E-state index contributed by atoms with van der Waals surface area (Å²) >= 11 is 0. The predicted octanol–water partition coefficient (Wildman–Crippen LogP) is 8.10. The van der Waals surface area contributed by atoms with E-state index in [-0.39, 0.29) is 34.4 Å². The van der Waals surface area contributed by atoms with E-state index in [4.69, 9.17) is 5.73 Å². The van der Waals surface area contributed by atoms with Crippen molar-refractivity contribution in [1.29, 1.82) is 0 Å². The fourth-order valence-electron chi connectivity index (χ4n) is 5.31. The minimum atomic E-state index is -0.690. The molecule has 0 aliphatic rings. The van der Waals surface area contributed by atoms with Crippen LogP contribution in [0.5, 0.6) is 0 Å². The summed E-state index contributed by atoms with van der Waals surface area (Å²) in [6, 6.07) is 17.6. The molecule has 0 radical (unpaired) electrons. The minimum absolute atomic E-state index is 0.0646. The lowest BCUT2D eigenvalue weighted by Crippen LogP contribution is -2.45. The Kier molecular flexibility index (Phi) is 8.87. The lowest BCUT2D eigenvalue weighted by molar-refractivity contribution is -0.140. The number of benzene rings is 2. The van der Waals surface area contributed by atoms with Gasteiger partial charge in [0.15, 0.2) is 0 Å². The Hall–Kier alpha value is -2.62. The summed E-state index contributed by atoms with van der Waals surface area (Å²) in [5.74, 6) is -0.146. The molecule has 0 spiro atoms. The molecule has 3 N–H and O–H groups in total. The highest BCUT2D eigenvalue weighted by Crippen LogP contribution is 2.49. The Morgan fingerprint density at radius 1 is 0.778 bits per heavy atom. The Labute approximate surface area is 219 Å². The van der Waals surface area contributed by atoms with Crippen LogP contribution in [0.3, 0.4) is 0 Å². The fraction of sp³-hybridized carbons (Fsp3) is 0.562. The summed E-state index contributed by atoms with van der Waals surface area (Å²) in [6.07, 6.45) is 1.36. The number of amides is 1. The lowest BCUT2D eigenvalue weighted by Gasteiger charge is -2.43. The smallest absolute Gasteiger partial charge is 0.228 e. The van der Waals surface area contributed by atoms with Gasteiger partial charge in [-0.1, -0.05) is 99.6 Å². The molecule has 1 amide bonds. The highest BCUT2D eigenvalue weighted by atomic mass is 16.2. The normalized spacial score (nSPS) is 14.7. The van der Waals surface area contributed by atoms with Gasteiger partial charge in [0.1, 0.15) is 5.78 Å². The summed E-state index contributed by atoms with van der Waals surface area (Å²) in [6.45, 7) is 21.1. The summed E-state index contributed by atoms with van der Waals surface area (Å²) in [5.41, 5.74) is 6.81. The zero-order chi connectivity index (χ0) is 27.5. The first-order valence-electron chi connectivity index (χ1n) is 13.1. The van der Waals surface area contributed by atoms with Gasteiger partial charge in [0.25, 0.3) is 0 Å². The van der Waals surface area contributed by atoms with E-state index in [2.05, 4.69) is 72.8 Å². The molecular weight excluding hydrogens is 444 g/mol. The zero-order valence-corrected chi connectivity index (χ0v) is 24.2. The molecule has 0 aliphatic heterocycles. The average Bonchev–Trinajstić information content (AvgIpc) is 2.76. The second kappa shape index (κ2) is 10.8. The number of ketones is 1. The molecule has 0 heterocycles. The van der Waals surface area contributed by atoms with Gasteiger partial charge in [0.05, 0.1) is 0 Å². The van der Waals surface area contributed by atoms with Crippen LogP contribution in [-0.2, 0) is 9.59 Å². The van der Waals surface area contributed by atoms with E-state index in [1.807, 2.05) is 44.2 Å². The molecule has 0 aromatic heterocycles. The quantitative estimate of drug-likeness (QED) is 0.347. The van der Waals surface area contributed by atoms with Crippen molar-refractivity contribution in [3.05, 3.63) is 60.2 Å². The van der Waals surface area contributed by atoms with Crippen molar-refractivity contribution < 1.29 is 9.59 Å². The number of nitrogens with one attached hydrogen (secondary N) is 1. The average molecular weight is 493 g/mol. The van der Waals surface area contributed by atoms with Crippen LogP contribution in [0.15, 0.2) is 54.6 Å². The van der Waals surface area contributed by atoms with Gasteiger partial charge >= 0.3 is 0 Å². The zero-order valence-electron chi connectivity index (χ0n) is 24.2. The van der Waals surface area contributed by atoms with Crippen LogP contribution in [-0.4, -0.2) is 11.7 Å². The van der Waals surface area contributed by atoms with Crippen LogP contribution in [0.25, 0.3) is 0 Å². The summed E-state index contributed by atoms with van der Waals surface area (Å²) < 4.78 is 0. The summed E-state index contributed by atoms with van der Waals surface area (Å²) in [7, 11) is 0. The van der Waals surface area contributed by atoms with E-state index in [0.29, 0.717) is 17.8 Å². The van der Waals surface area contributed by atoms with Crippen molar-refractivity contribution in [2.45, 2.75) is 88.0 Å². The molecule has 2 aromatic rings. The van der Waals surface area contributed by atoms with Crippen molar-refractivity contribution in [2.24, 2.45) is 27.6 Å². The van der Waals surface area contributed by atoms with Crippen LogP contribution >= 0.6 is 0 Å². The number of hydrogen-bond acceptors (Lipinski definition) is 3. The number of carbonyl (C=O) groups is 2. The molecule has 0 aliphatic carbocycles. The first kappa shape index (κ1) is 29.6. The van der Waals surface area contributed by atoms with Crippen LogP contribution in [0.2, 0.25) is 0 Å². The van der Waals surface area contributed by atoms with Crippen LogP contribution in [0.1, 0.15) is 93.6 Å². The first-order chi connectivity index (χ1) is 16.3. The van der Waals surface area contributed by atoms with Crippen LogP contribution in [0, 0.1) is 27.6 Å². The number of rotatable bonds is 9. The summed E-state index contributed by atoms with van der Waals surface area (Å²) in [4.78, 5) is 27.8. The largest absolute Gasteiger partial charge is 0.399 e. The Morgan fingerprint density at radius 2 is 1.31 bits per heavy atom. The monoisotopic (exact) mass is 492 g/mol. The standard InChI is InChI=1S/C32H48N2O2/c1-29(2,3)20-25(22-14-12-11-13-15-22)32(9,10)28(36)31(7,8)21-26(30(4,5)6)27(35)34-24-18-16-23(33)17-19-24/h11-19,25-26H,20-21,33H2,1-10H3,(H,34,35). The van der Waals surface area contributed by atoms with Gasteiger partial charge in [-0.3, -0.25) is 9.59 Å². The molecule has 198 valence electrons. The second-order valence-electron chi connectivity index (χ2n) is 13.9. The van der Waals surface area contributed by atoms with Crippen molar-refractivity contribution in [3.8, 4) is 0 Å².